The molecule has 2 heterocycles. The Hall–Kier alpha value is -3.33. The zero-order chi connectivity index (χ0) is 20.7. The summed E-state index contributed by atoms with van der Waals surface area (Å²) in [6.45, 7) is 6.97. The molecule has 0 radical (unpaired) electrons. The predicted molar refractivity (Wildman–Crippen MR) is 124 cm³/mol. The number of aromatic nitrogens is 1. The van der Waals surface area contributed by atoms with Gasteiger partial charge in [0, 0.05) is 16.5 Å². The minimum atomic E-state index is -0.210. The number of para-hydroxylation sites is 1. The fourth-order valence-corrected chi connectivity index (χ4v) is 4.25. The van der Waals surface area contributed by atoms with Crippen LogP contribution in [0.1, 0.15) is 36.5 Å². The molecule has 0 spiro atoms. The van der Waals surface area contributed by atoms with Crippen molar-refractivity contribution >= 4 is 16.8 Å². The number of benzene rings is 3. The largest absolute Gasteiger partial charge is 0.478 e. The molecule has 1 aliphatic heterocycles. The molecule has 0 bridgehead atoms. The Bertz CT molecular complexity index is 1220. The van der Waals surface area contributed by atoms with Gasteiger partial charge in [-0.1, -0.05) is 78.4 Å². The van der Waals surface area contributed by atoms with Crippen molar-refractivity contribution in [3.63, 3.8) is 0 Å². The lowest BCUT2D eigenvalue weighted by Gasteiger charge is -2.19. The van der Waals surface area contributed by atoms with Crippen LogP contribution < -0.4 is 0 Å². The SMILES string of the molecule is Cc1ccc(-c2[nH]c3ccccc3c2C(C2=NC(C)(C)CO2)c2ccccc2)cc1. The van der Waals surface area contributed by atoms with Gasteiger partial charge in [-0.05, 0) is 38.0 Å². The summed E-state index contributed by atoms with van der Waals surface area (Å²) in [6, 6.07) is 27.8. The summed E-state index contributed by atoms with van der Waals surface area (Å²) in [7, 11) is 0. The molecule has 4 aromatic rings. The molecule has 150 valence electrons. The molecule has 3 nitrogen and oxygen atoms in total. The van der Waals surface area contributed by atoms with E-state index in [1.165, 1.54) is 27.6 Å². The van der Waals surface area contributed by atoms with Crippen molar-refractivity contribution in [3.05, 3.63) is 95.6 Å². The quantitative estimate of drug-likeness (QED) is 0.422. The second-order valence-electron chi connectivity index (χ2n) is 8.72. The minimum absolute atomic E-state index is 0.0690. The predicted octanol–water partition coefficient (Wildman–Crippen LogP) is 6.48. The Morgan fingerprint density at radius 2 is 1.60 bits per heavy atom. The van der Waals surface area contributed by atoms with Gasteiger partial charge in [0.05, 0.1) is 17.2 Å². The topological polar surface area (TPSA) is 37.4 Å². The first-order valence-electron chi connectivity index (χ1n) is 10.5. The standard InChI is InChI=1S/C27H26N2O/c1-18-13-15-20(16-14-18)25-24(21-11-7-8-12-22(21)28-25)23(19-9-5-4-6-10-19)26-29-27(2,3)17-30-26/h4-16,23,28H,17H2,1-3H3. The zero-order valence-electron chi connectivity index (χ0n) is 17.6. The highest BCUT2D eigenvalue weighted by Gasteiger charge is 2.35. The molecule has 0 aliphatic carbocycles. The van der Waals surface area contributed by atoms with E-state index in [4.69, 9.17) is 9.73 Å². The van der Waals surface area contributed by atoms with Crippen molar-refractivity contribution in [2.24, 2.45) is 4.99 Å². The third-order valence-electron chi connectivity index (χ3n) is 5.74. The monoisotopic (exact) mass is 394 g/mol. The van der Waals surface area contributed by atoms with Gasteiger partial charge >= 0.3 is 0 Å². The summed E-state index contributed by atoms with van der Waals surface area (Å²) in [6.07, 6.45) is 0. The molecule has 0 amide bonds. The third kappa shape index (κ3) is 3.30. The van der Waals surface area contributed by atoms with Crippen LogP contribution in [0, 0.1) is 6.92 Å². The van der Waals surface area contributed by atoms with E-state index in [1.54, 1.807) is 0 Å². The smallest absolute Gasteiger partial charge is 0.196 e. The van der Waals surface area contributed by atoms with Crippen LogP contribution in [0.25, 0.3) is 22.2 Å². The van der Waals surface area contributed by atoms with Crippen LogP contribution in [0.2, 0.25) is 0 Å². The summed E-state index contributed by atoms with van der Waals surface area (Å²) < 4.78 is 6.20. The van der Waals surface area contributed by atoms with E-state index in [1.807, 2.05) is 0 Å². The van der Waals surface area contributed by atoms with Gasteiger partial charge in [0.15, 0.2) is 5.90 Å². The van der Waals surface area contributed by atoms with Gasteiger partial charge < -0.3 is 9.72 Å². The number of fused-ring (bicyclic) bond motifs is 1. The van der Waals surface area contributed by atoms with Crippen molar-refractivity contribution in [1.29, 1.82) is 0 Å². The molecular formula is C27H26N2O. The van der Waals surface area contributed by atoms with Gasteiger partial charge in [0.25, 0.3) is 0 Å². The van der Waals surface area contributed by atoms with Crippen LogP contribution in [0.5, 0.6) is 0 Å². The third-order valence-corrected chi connectivity index (χ3v) is 5.74. The Labute approximate surface area is 177 Å². The Balaban J connectivity index is 1.80. The summed E-state index contributed by atoms with van der Waals surface area (Å²) >= 11 is 0. The first-order valence-corrected chi connectivity index (χ1v) is 10.5. The van der Waals surface area contributed by atoms with E-state index in [0.717, 1.165) is 17.1 Å². The number of hydrogen-bond donors (Lipinski definition) is 1. The van der Waals surface area contributed by atoms with E-state index in [2.05, 4.69) is 105 Å². The molecular weight excluding hydrogens is 368 g/mol. The highest BCUT2D eigenvalue weighted by Crippen LogP contribution is 2.41. The number of ether oxygens (including phenoxy) is 1. The van der Waals surface area contributed by atoms with Crippen molar-refractivity contribution in [3.8, 4) is 11.3 Å². The average Bonchev–Trinajstić information content (AvgIpc) is 3.30. The normalized spacial score (nSPS) is 16.3. The molecule has 1 N–H and O–H groups in total. The van der Waals surface area contributed by atoms with Gasteiger partial charge in [0.1, 0.15) is 6.61 Å². The molecule has 1 aliphatic rings. The lowest BCUT2D eigenvalue weighted by molar-refractivity contribution is 0.273. The molecule has 0 saturated carbocycles. The van der Waals surface area contributed by atoms with Crippen LogP contribution in [0.3, 0.4) is 0 Å². The summed E-state index contributed by atoms with van der Waals surface area (Å²) in [5.41, 5.74) is 6.87. The van der Waals surface area contributed by atoms with Crippen molar-refractivity contribution in [2.45, 2.75) is 32.2 Å². The maximum atomic E-state index is 6.20. The van der Waals surface area contributed by atoms with E-state index in [-0.39, 0.29) is 11.5 Å². The highest BCUT2D eigenvalue weighted by atomic mass is 16.5. The maximum Gasteiger partial charge on any atom is 0.196 e. The number of aliphatic imine (C=N–C) groups is 1. The number of rotatable bonds is 4. The Kier molecular flexibility index (Phi) is 4.47. The number of H-pyrrole nitrogens is 1. The van der Waals surface area contributed by atoms with E-state index >= 15 is 0 Å². The van der Waals surface area contributed by atoms with Gasteiger partial charge in [-0.15, -0.1) is 0 Å². The number of aromatic amines is 1. The van der Waals surface area contributed by atoms with Crippen LogP contribution in [-0.2, 0) is 4.74 Å². The molecule has 0 fully saturated rings. The zero-order valence-corrected chi connectivity index (χ0v) is 17.6. The first-order chi connectivity index (χ1) is 14.5. The second kappa shape index (κ2) is 7.17. The summed E-state index contributed by atoms with van der Waals surface area (Å²) in [4.78, 5) is 8.67. The van der Waals surface area contributed by atoms with E-state index < -0.39 is 0 Å². The number of hydrogen-bond acceptors (Lipinski definition) is 2. The number of nitrogens with zero attached hydrogens (tertiary/aromatic N) is 1. The molecule has 30 heavy (non-hydrogen) atoms. The van der Waals surface area contributed by atoms with Gasteiger partial charge in [-0.2, -0.15) is 0 Å². The molecule has 0 saturated heterocycles. The fourth-order valence-electron chi connectivity index (χ4n) is 4.25. The Morgan fingerprint density at radius 1 is 0.900 bits per heavy atom. The number of aryl methyl sites for hydroxylation is 1. The highest BCUT2D eigenvalue weighted by molar-refractivity contribution is 6.00. The Morgan fingerprint density at radius 3 is 2.30 bits per heavy atom. The van der Waals surface area contributed by atoms with Gasteiger partial charge in [-0.25, -0.2) is 4.99 Å². The molecule has 3 aromatic carbocycles. The molecule has 5 rings (SSSR count). The fraction of sp³-hybridized carbons (Fsp3) is 0.222. The van der Waals surface area contributed by atoms with Crippen molar-refractivity contribution in [2.75, 3.05) is 6.61 Å². The molecule has 1 aromatic heterocycles. The molecule has 1 atom stereocenters. The van der Waals surface area contributed by atoms with Crippen LogP contribution in [0.4, 0.5) is 0 Å². The lowest BCUT2D eigenvalue weighted by atomic mass is 9.87. The summed E-state index contributed by atoms with van der Waals surface area (Å²) in [5.74, 6) is 0.727. The first kappa shape index (κ1) is 18.7. The van der Waals surface area contributed by atoms with E-state index in [0.29, 0.717) is 6.61 Å². The van der Waals surface area contributed by atoms with Crippen LogP contribution in [-0.4, -0.2) is 23.0 Å². The molecule has 1 unspecified atom stereocenters. The van der Waals surface area contributed by atoms with Crippen molar-refractivity contribution in [1.82, 2.24) is 4.98 Å². The van der Waals surface area contributed by atoms with Crippen molar-refractivity contribution < 1.29 is 4.74 Å². The number of nitrogens with one attached hydrogen (secondary N) is 1. The van der Waals surface area contributed by atoms with Crippen LogP contribution in [0.15, 0.2) is 83.9 Å². The second-order valence-corrected chi connectivity index (χ2v) is 8.72. The lowest BCUT2D eigenvalue weighted by Crippen LogP contribution is -2.17. The minimum Gasteiger partial charge on any atom is -0.478 e. The van der Waals surface area contributed by atoms with Gasteiger partial charge in [-0.3, -0.25) is 0 Å². The average molecular weight is 395 g/mol. The molecule has 3 heteroatoms. The summed E-state index contributed by atoms with van der Waals surface area (Å²) in [5, 5.41) is 1.21. The van der Waals surface area contributed by atoms with Gasteiger partial charge in [0.2, 0.25) is 0 Å². The van der Waals surface area contributed by atoms with Crippen LogP contribution >= 0.6 is 0 Å². The maximum absolute atomic E-state index is 6.20. The van der Waals surface area contributed by atoms with E-state index in [9.17, 15) is 0 Å².